The molecule has 4 nitrogen and oxygen atoms in total. The summed E-state index contributed by atoms with van der Waals surface area (Å²) in [5.74, 6) is -0.814. The fourth-order valence-electron chi connectivity index (χ4n) is 1.61. The molecule has 0 spiro atoms. The molecule has 0 N–H and O–H groups in total. The van der Waals surface area contributed by atoms with Gasteiger partial charge in [0.1, 0.15) is 11.7 Å². The van der Waals surface area contributed by atoms with Gasteiger partial charge < -0.3 is 0 Å². The first-order valence-electron chi connectivity index (χ1n) is 4.76. The molecule has 1 aromatic heterocycles. The molecule has 0 amide bonds. The summed E-state index contributed by atoms with van der Waals surface area (Å²) in [6.07, 6.45) is -0.687. The predicted octanol–water partition coefficient (Wildman–Crippen LogP) is 1.43. The Bertz CT molecular complexity index is 536. The van der Waals surface area contributed by atoms with Gasteiger partial charge in [-0.2, -0.15) is 4.68 Å². The number of alkyl halides is 1. The second-order valence-electron chi connectivity index (χ2n) is 3.69. The maximum atomic E-state index is 12.7. The number of halogens is 1. The lowest BCUT2D eigenvalue weighted by Crippen LogP contribution is -2.15. The highest BCUT2D eigenvalue weighted by atomic mass is 19.1. The maximum absolute atomic E-state index is 12.7. The third-order valence-corrected chi connectivity index (χ3v) is 2.59. The molecule has 15 heavy (non-hydrogen) atoms. The summed E-state index contributed by atoms with van der Waals surface area (Å²) in [6.45, 7) is 0. The van der Waals surface area contributed by atoms with E-state index in [0.29, 0.717) is 17.5 Å². The first kappa shape index (κ1) is 8.52. The minimum Gasteiger partial charge on any atom is -0.272 e. The van der Waals surface area contributed by atoms with E-state index >= 15 is 0 Å². The van der Waals surface area contributed by atoms with Crippen molar-refractivity contribution < 1.29 is 9.18 Å². The van der Waals surface area contributed by atoms with Crippen molar-refractivity contribution in [1.82, 2.24) is 15.0 Å². The van der Waals surface area contributed by atoms with Crippen molar-refractivity contribution in [2.45, 2.75) is 12.6 Å². The summed E-state index contributed by atoms with van der Waals surface area (Å²) in [6, 6.07) is 7.14. The predicted molar refractivity (Wildman–Crippen MR) is 51.2 cm³/mol. The molecule has 0 radical (unpaired) electrons. The monoisotopic (exact) mass is 205 g/mol. The van der Waals surface area contributed by atoms with Crippen LogP contribution in [0.2, 0.25) is 0 Å². The van der Waals surface area contributed by atoms with Crippen molar-refractivity contribution in [2.75, 3.05) is 0 Å². The SMILES string of the molecule is O=C([C@H]1C[C@@H]1F)n1nnc2ccccc21. The molecule has 0 aliphatic heterocycles. The molecule has 1 aliphatic rings. The summed E-state index contributed by atoms with van der Waals surface area (Å²) >= 11 is 0. The minimum atomic E-state index is -1.000. The number of carbonyl (C=O) groups excluding carboxylic acids is 1. The van der Waals surface area contributed by atoms with E-state index in [1.165, 1.54) is 4.68 Å². The third kappa shape index (κ3) is 1.23. The summed E-state index contributed by atoms with van der Waals surface area (Å²) in [5, 5.41) is 7.59. The number of rotatable bonds is 1. The standard InChI is InChI=1S/C10H8FN3O/c11-7-5-6(7)10(15)14-9-4-2-1-3-8(9)12-13-14/h1-4,6-7H,5H2/t6-,7-/m0/s1. The zero-order chi connectivity index (χ0) is 10.4. The van der Waals surface area contributed by atoms with E-state index < -0.39 is 12.1 Å². The highest BCUT2D eigenvalue weighted by Crippen LogP contribution is 2.35. The lowest BCUT2D eigenvalue weighted by atomic mass is 10.3. The number of benzene rings is 1. The zero-order valence-electron chi connectivity index (χ0n) is 7.80. The number of para-hydroxylation sites is 1. The topological polar surface area (TPSA) is 47.8 Å². The molecule has 0 bridgehead atoms. The van der Waals surface area contributed by atoms with E-state index in [0.717, 1.165) is 0 Å². The lowest BCUT2D eigenvalue weighted by Gasteiger charge is -1.97. The normalized spacial score (nSPS) is 24.3. The average Bonchev–Trinajstić information content (AvgIpc) is 2.83. The molecule has 1 aliphatic carbocycles. The second kappa shape index (κ2) is 2.85. The smallest absolute Gasteiger partial charge is 0.255 e. The van der Waals surface area contributed by atoms with Crippen LogP contribution in [0.1, 0.15) is 11.2 Å². The highest BCUT2D eigenvalue weighted by Gasteiger charge is 2.45. The second-order valence-corrected chi connectivity index (χ2v) is 3.69. The van der Waals surface area contributed by atoms with Crippen LogP contribution in [0.4, 0.5) is 4.39 Å². The molecule has 1 fully saturated rings. The summed E-state index contributed by atoms with van der Waals surface area (Å²) in [5.41, 5.74) is 1.29. The largest absolute Gasteiger partial charge is 0.272 e. The Morgan fingerprint density at radius 2 is 2.20 bits per heavy atom. The Hall–Kier alpha value is -1.78. The molecule has 1 heterocycles. The van der Waals surface area contributed by atoms with Crippen molar-refractivity contribution >= 4 is 16.9 Å². The molecule has 1 saturated carbocycles. The number of hydrogen-bond acceptors (Lipinski definition) is 3. The summed E-state index contributed by atoms with van der Waals surface area (Å²) in [4.78, 5) is 11.7. The van der Waals surface area contributed by atoms with E-state index in [2.05, 4.69) is 10.3 Å². The molecule has 1 aromatic carbocycles. The van der Waals surface area contributed by atoms with E-state index in [1.807, 2.05) is 6.07 Å². The van der Waals surface area contributed by atoms with Gasteiger partial charge in [-0.05, 0) is 18.6 Å². The van der Waals surface area contributed by atoms with Crippen molar-refractivity contribution in [1.29, 1.82) is 0 Å². The van der Waals surface area contributed by atoms with Crippen LogP contribution >= 0.6 is 0 Å². The van der Waals surface area contributed by atoms with Crippen LogP contribution in [0.3, 0.4) is 0 Å². The zero-order valence-corrected chi connectivity index (χ0v) is 7.80. The lowest BCUT2D eigenvalue weighted by molar-refractivity contribution is 0.0862. The van der Waals surface area contributed by atoms with Gasteiger partial charge in [0.25, 0.3) is 5.91 Å². The molecule has 0 unspecified atom stereocenters. The quantitative estimate of drug-likeness (QED) is 0.707. The number of nitrogens with zero attached hydrogens (tertiary/aromatic N) is 3. The van der Waals surface area contributed by atoms with Crippen LogP contribution in [0, 0.1) is 5.92 Å². The molecular weight excluding hydrogens is 197 g/mol. The Morgan fingerprint density at radius 3 is 2.93 bits per heavy atom. The molecule has 0 saturated heterocycles. The molecule has 2 atom stereocenters. The van der Waals surface area contributed by atoms with Gasteiger partial charge in [-0.25, -0.2) is 4.39 Å². The van der Waals surface area contributed by atoms with Gasteiger partial charge in [-0.1, -0.05) is 17.3 Å². The molecule has 3 rings (SSSR count). The van der Waals surface area contributed by atoms with Gasteiger partial charge in [0.05, 0.1) is 11.4 Å². The fourth-order valence-corrected chi connectivity index (χ4v) is 1.61. The third-order valence-electron chi connectivity index (χ3n) is 2.59. The van der Waals surface area contributed by atoms with Gasteiger partial charge in [-0.15, -0.1) is 5.10 Å². The average molecular weight is 205 g/mol. The highest BCUT2D eigenvalue weighted by molar-refractivity contribution is 5.91. The van der Waals surface area contributed by atoms with Gasteiger partial charge in [0.2, 0.25) is 0 Å². The number of hydrogen-bond donors (Lipinski definition) is 0. The fraction of sp³-hybridized carbons (Fsp3) is 0.300. The van der Waals surface area contributed by atoms with Crippen LogP contribution < -0.4 is 0 Å². The molecular formula is C10H8FN3O. The van der Waals surface area contributed by atoms with E-state index in [1.54, 1.807) is 18.2 Å². The van der Waals surface area contributed by atoms with E-state index in [9.17, 15) is 9.18 Å². The van der Waals surface area contributed by atoms with Crippen LogP contribution in [0.5, 0.6) is 0 Å². The Kier molecular flexibility index (Phi) is 1.62. The first-order valence-corrected chi connectivity index (χ1v) is 4.76. The van der Waals surface area contributed by atoms with Gasteiger partial charge in [-0.3, -0.25) is 4.79 Å². The van der Waals surface area contributed by atoms with E-state index in [-0.39, 0.29) is 5.91 Å². The van der Waals surface area contributed by atoms with Gasteiger partial charge in [0, 0.05) is 0 Å². The van der Waals surface area contributed by atoms with Gasteiger partial charge in [0.15, 0.2) is 0 Å². The Labute approximate surface area is 84.7 Å². The molecule has 2 aromatic rings. The maximum Gasteiger partial charge on any atom is 0.255 e. The number of fused-ring (bicyclic) bond motifs is 1. The number of carbonyl (C=O) groups is 1. The van der Waals surface area contributed by atoms with Crippen molar-refractivity contribution in [3.63, 3.8) is 0 Å². The Morgan fingerprint density at radius 1 is 1.47 bits per heavy atom. The van der Waals surface area contributed by atoms with Crippen LogP contribution in [0.25, 0.3) is 11.0 Å². The van der Waals surface area contributed by atoms with E-state index in [4.69, 9.17) is 0 Å². The molecule has 76 valence electrons. The summed E-state index contributed by atoms with van der Waals surface area (Å²) < 4.78 is 13.9. The van der Waals surface area contributed by atoms with Crippen LogP contribution in [-0.2, 0) is 0 Å². The Balaban J connectivity index is 2.07. The summed E-state index contributed by atoms with van der Waals surface area (Å²) in [7, 11) is 0. The van der Waals surface area contributed by atoms with Gasteiger partial charge >= 0.3 is 0 Å². The van der Waals surface area contributed by atoms with Crippen molar-refractivity contribution in [3.05, 3.63) is 24.3 Å². The number of aromatic nitrogens is 3. The van der Waals surface area contributed by atoms with Crippen molar-refractivity contribution in [3.8, 4) is 0 Å². The van der Waals surface area contributed by atoms with Crippen molar-refractivity contribution in [2.24, 2.45) is 5.92 Å². The molecule has 5 heteroatoms. The van der Waals surface area contributed by atoms with Crippen LogP contribution in [0.15, 0.2) is 24.3 Å². The van der Waals surface area contributed by atoms with Crippen LogP contribution in [-0.4, -0.2) is 27.1 Å². The first-order chi connectivity index (χ1) is 7.27. The minimum absolute atomic E-state index is 0.295.